The average molecular weight is 397 g/mol. The van der Waals surface area contributed by atoms with Crippen molar-refractivity contribution in [3.05, 3.63) is 36.3 Å². The first kappa shape index (κ1) is 18.5. The number of ether oxygens (including phenoxy) is 2. The molecule has 0 spiro atoms. The highest BCUT2D eigenvalue weighted by Gasteiger charge is 2.49. The molecular weight excluding hydrogens is 382 g/mol. The Morgan fingerprint density at radius 1 is 1.18 bits per heavy atom. The number of nitrogens with zero attached hydrogens (tertiary/aromatic N) is 5. The first-order valence-corrected chi connectivity index (χ1v) is 8.39. The maximum Gasteiger partial charge on any atom is 0.425 e. The van der Waals surface area contributed by atoms with Crippen molar-refractivity contribution >= 4 is 5.65 Å². The van der Waals surface area contributed by atoms with Crippen molar-refractivity contribution in [3.63, 3.8) is 0 Å². The van der Waals surface area contributed by atoms with Gasteiger partial charge >= 0.3 is 6.18 Å². The Bertz CT molecular complexity index is 1030. The number of alkyl halides is 3. The summed E-state index contributed by atoms with van der Waals surface area (Å²) in [5.74, 6) is -1.13. The Morgan fingerprint density at radius 3 is 2.54 bits per heavy atom. The zero-order valence-corrected chi connectivity index (χ0v) is 14.9. The number of aromatic nitrogens is 5. The number of halogens is 4. The van der Waals surface area contributed by atoms with E-state index in [9.17, 15) is 17.6 Å². The Hall–Kier alpha value is -2.82. The zero-order valence-electron chi connectivity index (χ0n) is 14.9. The lowest BCUT2D eigenvalue weighted by atomic mass is 10.2. The van der Waals surface area contributed by atoms with Gasteiger partial charge in [0.1, 0.15) is 5.60 Å². The summed E-state index contributed by atoms with van der Waals surface area (Å²) in [6.07, 6.45) is -0.917. The molecule has 3 heterocycles. The molecule has 0 radical (unpaired) electrons. The molecule has 148 valence electrons. The molecule has 0 bridgehead atoms. The molecular formula is C17H15F4N5O2. The summed E-state index contributed by atoms with van der Waals surface area (Å²) in [7, 11) is 1.59. The van der Waals surface area contributed by atoms with Gasteiger partial charge in [-0.1, -0.05) is 0 Å². The predicted octanol–water partition coefficient (Wildman–Crippen LogP) is 3.29. The smallest absolute Gasteiger partial charge is 0.425 e. The summed E-state index contributed by atoms with van der Waals surface area (Å²) >= 11 is 0. The number of pyridine rings is 1. The molecule has 3 aromatic heterocycles. The predicted molar refractivity (Wildman–Crippen MR) is 88.0 cm³/mol. The van der Waals surface area contributed by atoms with Crippen LogP contribution < -0.4 is 4.74 Å². The first-order chi connectivity index (χ1) is 13.2. The third kappa shape index (κ3) is 3.15. The van der Waals surface area contributed by atoms with Crippen LogP contribution in [0.1, 0.15) is 25.6 Å². The summed E-state index contributed by atoms with van der Waals surface area (Å²) in [6, 6.07) is 1.02. The minimum atomic E-state index is -4.62. The molecule has 11 heteroatoms. The van der Waals surface area contributed by atoms with Crippen LogP contribution in [-0.4, -0.2) is 44.0 Å². The van der Waals surface area contributed by atoms with Gasteiger partial charge in [0, 0.05) is 25.1 Å². The Balaban J connectivity index is 1.67. The standard InChI is InChI=1S/C17H15F4N5O2/c1-9(17(19,20)21)28-14-11(18)5-10(6-23-14)12-8-26-13(7-22-12)24-25-15(26)16(27-2)3-4-16/h5-9H,3-4H2,1-2H3/t9-/m0/s1. The fourth-order valence-corrected chi connectivity index (χ4v) is 2.78. The highest BCUT2D eigenvalue weighted by atomic mass is 19.4. The lowest BCUT2D eigenvalue weighted by Gasteiger charge is -2.17. The van der Waals surface area contributed by atoms with Crippen molar-refractivity contribution in [2.24, 2.45) is 0 Å². The molecule has 0 aromatic carbocycles. The number of hydrogen-bond donors (Lipinski definition) is 0. The highest BCUT2D eigenvalue weighted by molar-refractivity contribution is 5.59. The summed E-state index contributed by atoms with van der Waals surface area (Å²) in [4.78, 5) is 7.87. The molecule has 3 aromatic rings. The number of fused-ring (bicyclic) bond motifs is 1. The molecule has 0 amide bonds. The van der Waals surface area contributed by atoms with Crippen LogP contribution in [0.25, 0.3) is 16.9 Å². The van der Waals surface area contributed by atoms with E-state index in [0.29, 0.717) is 17.2 Å². The fraction of sp³-hybridized carbons (Fsp3) is 0.412. The van der Waals surface area contributed by atoms with Crippen molar-refractivity contribution in [1.82, 2.24) is 24.6 Å². The van der Waals surface area contributed by atoms with Crippen LogP contribution in [0.3, 0.4) is 0 Å². The van der Waals surface area contributed by atoms with Crippen molar-refractivity contribution in [2.45, 2.75) is 37.6 Å². The highest BCUT2D eigenvalue weighted by Crippen LogP contribution is 2.47. The van der Waals surface area contributed by atoms with E-state index in [1.165, 1.54) is 12.4 Å². The van der Waals surface area contributed by atoms with Crippen LogP contribution in [0.4, 0.5) is 17.6 Å². The summed E-state index contributed by atoms with van der Waals surface area (Å²) in [5.41, 5.74) is 0.623. The topological polar surface area (TPSA) is 74.4 Å². The van der Waals surface area contributed by atoms with Crippen LogP contribution in [-0.2, 0) is 10.3 Å². The van der Waals surface area contributed by atoms with E-state index in [-0.39, 0.29) is 5.56 Å². The maximum atomic E-state index is 14.2. The monoisotopic (exact) mass is 397 g/mol. The molecule has 4 rings (SSSR count). The van der Waals surface area contributed by atoms with Gasteiger partial charge in [0.25, 0.3) is 5.88 Å². The number of rotatable bonds is 5. The van der Waals surface area contributed by atoms with Crippen LogP contribution in [0.15, 0.2) is 24.7 Å². The van der Waals surface area contributed by atoms with E-state index in [2.05, 4.69) is 24.9 Å². The van der Waals surface area contributed by atoms with Gasteiger partial charge in [0.2, 0.25) is 0 Å². The van der Waals surface area contributed by atoms with E-state index in [0.717, 1.165) is 25.8 Å². The van der Waals surface area contributed by atoms with Gasteiger partial charge in [-0.3, -0.25) is 9.38 Å². The van der Waals surface area contributed by atoms with Gasteiger partial charge in [-0.25, -0.2) is 9.37 Å². The molecule has 0 saturated heterocycles. The Kier molecular flexibility index (Phi) is 4.21. The molecule has 1 saturated carbocycles. The molecule has 1 aliphatic rings. The Labute approximate surface area is 156 Å². The van der Waals surface area contributed by atoms with Gasteiger partial charge in [-0.2, -0.15) is 13.2 Å². The fourth-order valence-electron chi connectivity index (χ4n) is 2.78. The summed E-state index contributed by atoms with van der Waals surface area (Å²) in [5, 5.41) is 8.20. The maximum absolute atomic E-state index is 14.2. The van der Waals surface area contributed by atoms with Crippen LogP contribution in [0, 0.1) is 5.82 Å². The van der Waals surface area contributed by atoms with E-state index < -0.39 is 29.6 Å². The molecule has 0 N–H and O–H groups in total. The van der Waals surface area contributed by atoms with Gasteiger partial charge in [0.15, 0.2) is 23.4 Å². The minimum Gasteiger partial charge on any atom is -0.463 e. The van der Waals surface area contributed by atoms with Crippen LogP contribution >= 0.6 is 0 Å². The van der Waals surface area contributed by atoms with E-state index >= 15 is 0 Å². The molecule has 1 fully saturated rings. The summed E-state index contributed by atoms with van der Waals surface area (Å²) < 4.78 is 63.8. The van der Waals surface area contributed by atoms with Gasteiger partial charge < -0.3 is 9.47 Å². The first-order valence-electron chi connectivity index (χ1n) is 8.39. The lowest BCUT2D eigenvalue weighted by Crippen LogP contribution is -2.31. The summed E-state index contributed by atoms with van der Waals surface area (Å²) in [6.45, 7) is 0.779. The average Bonchev–Trinajstić information content (AvgIpc) is 3.33. The largest absolute Gasteiger partial charge is 0.463 e. The molecule has 0 unspecified atom stereocenters. The SMILES string of the molecule is COC1(c2nnc3cnc(-c4cnc(O[C@@H](C)C(F)(F)F)c(F)c4)cn23)CC1. The minimum absolute atomic E-state index is 0.272. The van der Waals surface area contributed by atoms with Crippen molar-refractivity contribution < 1.29 is 27.0 Å². The van der Waals surface area contributed by atoms with Gasteiger partial charge in [-0.15, -0.1) is 10.2 Å². The van der Waals surface area contributed by atoms with E-state index in [1.54, 1.807) is 17.7 Å². The number of hydrogen-bond acceptors (Lipinski definition) is 6. The second-order valence-electron chi connectivity index (χ2n) is 6.54. The third-order valence-corrected chi connectivity index (χ3v) is 4.65. The van der Waals surface area contributed by atoms with E-state index in [1.807, 2.05) is 0 Å². The van der Waals surface area contributed by atoms with Gasteiger partial charge in [0.05, 0.1) is 11.9 Å². The molecule has 1 aliphatic carbocycles. The molecule has 1 atom stereocenters. The van der Waals surface area contributed by atoms with Gasteiger partial charge in [-0.05, 0) is 25.8 Å². The lowest BCUT2D eigenvalue weighted by molar-refractivity contribution is -0.190. The second-order valence-corrected chi connectivity index (χ2v) is 6.54. The van der Waals surface area contributed by atoms with Crippen molar-refractivity contribution in [2.75, 3.05) is 7.11 Å². The van der Waals surface area contributed by atoms with Crippen LogP contribution in [0.2, 0.25) is 0 Å². The molecule has 28 heavy (non-hydrogen) atoms. The molecule has 7 nitrogen and oxygen atoms in total. The third-order valence-electron chi connectivity index (χ3n) is 4.65. The normalized spacial score (nSPS) is 16.9. The zero-order chi connectivity index (χ0) is 20.1. The molecule has 0 aliphatic heterocycles. The van der Waals surface area contributed by atoms with Crippen molar-refractivity contribution in [3.8, 4) is 17.1 Å². The quantitative estimate of drug-likeness (QED) is 0.615. The van der Waals surface area contributed by atoms with Crippen molar-refractivity contribution in [1.29, 1.82) is 0 Å². The number of methoxy groups -OCH3 is 1. The van der Waals surface area contributed by atoms with Crippen LogP contribution in [0.5, 0.6) is 5.88 Å². The second kappa shape index (κ2) is 6.36. The Morgan fingerprint density at radius 2 is 1.93 bits per heavy atom. The van der Waals surface area contributed by atoms with E-state index in [4.69, 9.17) is 4.74 Å².